The van der Waals surface area contributed by atoms with Gasteiger partial charge in [-0.3, -0.25) is 9.11 Å². The SMILES string of the molecule is CS(O)(O)N1CCC(c2ccc(F)cc2)CC1. The average Bonchev–Trinajstić information content (AvgIpc) is 2.29. The number of rotatable bonds is 2. The molecule has 5 heteroatoms. The number of nitrogens with zero attached hydrogens (tertiary/aromatic N) is 1. The minimum Gasteiger partial charge on any atom is -0.286 e. The molecule has 1 fully saturated rings. The Balaban J connectivity index is 1.97. The Labute approximate surface area is 103 Å². The summed E-state index contributed by atoms with van der Waals surface area (Å²) >= 11 is 0. The zero-order valence-corrected chi connectivity index (χ0v) is 10.7. The Kier molecular flexibility index (Phi) is 3.73. The van der Waals surface area contributed by atoms with Crippen LogP contribution in [-0.2, 0) is 0 Å². The van der Waals surface area contributed by atoms with E-state index >= 15 is 0 Å². The smallest absolute Gasteiger partial charge is 0.123 e. The first kappa shape index (κ1) is 12.8. The fraction of sp³-hybridized carbons (Fsp3) is 0.500. The third-order valence-corrected chi connectivity index (χ3v) is 4.63. The summed E-state index contributed by atoms with van der Waals surface area (Å²) < 4.78 is 33.6. The molecule has 1 heterocycles. The first-order valence-corrected chi connectivity index (χ1v) is 7.62. The van der Waals surface area contributed by atoms with E-state index in [-0.39, 0.29) is 5.82 Å². The molecule has 2 rings (SSSR count). The maximum atomic E-state index is 12.8. The minimum absolute atomic E-state index is 0.214. The van der Waals surface area contributed by atoms with Gasteiger partial charge in [0.1, 0.15) is 5.82 Å². The maximum absolute atomic E-state index is 12.8. The second-order valence-electron chi connectivity index (χ2n) is 4.55. The van der Waals surface area contributed by atoms with Gasteiger partial charge in [-0.1, -0.05) is 12.1 Å². The lowest BCUT2D eigenvalue weighted by Crippen LogP contribution is -2.34. The highest BCUT2D eigenvalue weighted by molar-refractivity contribution is 8.21. The Morgan fingerprint density at radius 3 is 2.18 bits per heavy atom. The molecule has 1 aliphatic rings. The highest BCUT2D eigenvalue weighted by Gasteiger charge is 2.25. The molecule has 0 unspecified atom stereocenters. The molecule has 0 atom stereocenters. The van der Waals surface area contributed by atoms with Gasteiger partial charge in [-0.15, -0.1) is 10.8 Å². The van der Waals surface area contributed by atoms with Crippen molar-refractivity contribution in [3.05, 3.63) is 35.6 Å². The van der Waals surface area contributed by atoms with Crippen LogP contribution in [0.4, 0.5) is 4.39 Å². The van der Waals surface area contributed by atoms with Gasteiger partial charge in [0.15, 0.2) is 0 Å². The second kappa shape index (κ2) is 4.94. The van der Waals surface area contributed by atoms with Crippen molar-refractivity contribution in [2.24, 2.45) is 0 Å². The van der Waals surface area contributed by atoms with Crippen molar-refractivity contribution < 1.29 is 13.5 Å². The first-order chi connectivity index (χ1) is 7.97. The van der Waals surface area contributed by atoms with Crippen molar-refractivity contribution in [3.8, 4) is 0 Å². The van der Waals surface area contributed by atoms with E-state index in [2.05, 4.69) is 0 Å². The summed E-state index contributed by atoms with van der Waals surface area (Å²) in [5.74, 6) is 0.183. The minimum atomic E-state index is -2.56. The van der Waals surface area contributed by atoms with Crippen molar-refractivity contribution in [2.45, 2.75) is 18.8 Å². The lowest BCUT2D eigenvalue weighted by molar-refractivity contribution is 0.289. The standard InChI is InChI=1S/C12H18FNO2S/c1-17(15,16)14-8-6-11(7-9-14)10-2-4-12(13)5-3-10/h2-5,11,15-16H,6-9H2,1H3. The molecule has 0 bridgehead atoms. The summed E-state index contributed by atoms with van der Waals surface area (Å²) in [6, 6.07) is 6.60. The fourth-order valence-corrected chi connectivity index (χ4v) is 3.17. The van der Waals surface area contributed by atoms with Gasteiger partial charge < -0.3 is 0 Å². The molecule has 0 saturated carbocycles. The highest BCUT2D eigenvalue weighted by Crippen LogP contribution is 2.42. The molecule has 1 saturated heterocycles. The van der Waals surface area contributed by atoms with Crippen LogP contribution >= 0.6 is 10.8 Å². The van der Waals surface area contributed by atoms with Crippen LogP contribution in [0.1, 0.15) is 24.3 Å². The van der Waals surface area contributed by atoms with Crippen molar-refractivity contribution in [2.75, 3.05) is 19.3 Å². The predicted octanol–water partition coefficient (Wildman–Crippen LogP) is 3.30. The Morgan fingerprint density at radius 1 is 1.18 bits per heavy atom. The summed E-state index contributed by atoms with van der Waals surface area (Å²) in [4.78, 5) is 0. The first-order valence-electron chi connectivity index (χ1n) is 5.70. The van der Waals surface area contributed by atoms with Gasteiger partial charge in [-0.05, 0) is 36.5 Å². The van der Waals surface area contributed by atoms with E-state index in [1.54, 1.807) is 4.31 Å². The molecule has 1 aromatic rings. The molecule has 1 aromatic carbocycles. The van der Waals surface area contributed by atoms with Crippen LogP contribution in [-0.4, -0.2) is 32.8 Å². The van der Waals surface area contributed by atoms with Gasteiger partial charge in [0.25, 0.3) is 0 Å². The molecular weight excluding hydrogens is 241 g/mol. The maximum Gasteiger partial charge on any atom is 0.123 e. The molecule has 0 spiro atoms. The van der Waals surface area contributed by atoms with Gasteiger partial charge in [0.2, 0.25) is 0 Å². The van der Waals surface area contributed by atoms with Crippen LogP contribution in [0.3, 0.4) is 0 Å². The Morgan fingerprint density at radius 2 is 1.71 bits per heavy atom. The zero-order chi connectivity index (χ0) is 12.5. The largest absolute Gasteiger partial charge is 0.286 e. The van der Waals surface area contributed by atoms with Gasteiger partial charge in [0.05, 0.1) is 0 Å². The monoisotopic (exact) mass is 259 g/mol. The van der Waals surface area contributed by atoms with E-state index in [0.717, 1.165) is 18.4 Å². The molecule has 96 valence electrons. The van der Waals surface area contributed by atoms with Crippen molar-refractivity contribution in [3.63, 3.8) is 0 Å². The van der Waals surface area contributed by atoms with Crippen molar-refractivity contribution >= 4 is 10.8 Å². The van der Waals surface area contributed by atoms with E-state index in [1.165, 1.54) is 18.4 Å². The zero-order valence-electron chi connectivity index (χ0n) is 9.84. The molecule has 2 N–H and O–H groups in total. The fourth-order valence-electron chi connectivity index (χ4n) is 2.27. The van der Waals surface area contributed by atoms with Gasteiger partial charge in [-0.25, -0.2) is 8.70 Å². The normalized spacial score (nSPS) is 20.5. The van der Waals surface area contributed by atoms with E-state index < -0.39 is 10.8 Å². The molecular formula is C12H18FNO2S. The molecule has 1 aliphatic heterocycles. The molecule has 0 amide bonds. The number of hydrogen-bond acceptors (Lipinski definition) is 3. The van der Waals surface area contributed by atoms with Crippen LogP contribution in [0.25, 0.3) is 0 Å². The van der Waals surface area contributed by atoms with Gasteiger partial charge in [0, 0.05) is 19.3 Å². The second-order valence-corrected chi connectivity index (χ2v) is 6.65. The summed E-state index contributed by atoms with van der Waals surface area (Å²) in [6.45, 7) is 1.36. The quantitative estimate of drug-likeness (QED) is 0.856. The van der Waals surface area contributed by atoms with Crippen molar-refractivity contribution in [1.29, 1.82) is 0 Å². The summed E-state index contributed by atoms with van der Waals surface area (Å²) in [7, 11) is -2.56. The highest BCUT2D eigenvalue weighted by atomic mass is 32.3. The van der Waals surface area contributed by atoms with Crippen molar-refractivity contribution in [1.82, 2.24) is 4.31 Å². The Bertz CT molecular complexity index is 369. The van der Waals surface area contributed by atoms with Gasteiger partial charge in [-0.2, -0.15) is 0 Å². The number of hydrogen-bond donors (Lipinski definition) is 2. The summed E-state index contributed by atoms with van der Waals surface area (Å²) in [5, 5.41) is 0. The van der Waals surface area contributed by atoms with Gasteiger partial charge >= 0.3 is 0 Å². The van der Waals surface area contributed by atoms with Crippen LogP contribution < -0.4 is 0 Å². The summed E-state index contributed by atoms with van der Waals surface area (Å²) in [6.07, 6.45) is 3.23. The van der Waals surface area contributed by atoms with E-state index in [0.29, 0.717) is 19.0 Å². The molecule has 3 nitrogen and oxygen atoms in total. The van der Waals surface area contributed by atoms with Crippen LogP contribution in [0, 0.1) is 5.82 Å². The molecule has 17 heavy (non-hydrogen) atoms. The van der Waals surface area contributed by atoms with E-state index in [4.69, 9.17) is 0 Å². The lowest BCUT2D eigenvalue weighted by atomic mass is 9.90. The summed E-state index contributed by atoms with van der Waals surface area (Å²) in [5.41, 5.74) is 1.14. The van der Waals surface area contributed by atoms with E-state index in [1.807, 2.05) is 12.1 Å². The number of piperidine rings is 1. The molecule has 0 radical (unpaired) electrons. The van der Waals surface area contributed by atoms with Crippen LogP contribution in [0.15, 0.2) is 24.3 Å². The third-order valence-electron chi connectivity index (χ3n) is 3.28. The van der Waals surface area contributed by atoms with Crippen LogP contribution in [0.5, 0.6) is 0 Å². The number of benzene rings is 1. The van der Waals surface area contributed by atoms with E-state index in [9.17, 15) is 13.5 Å². The predicted molar refractivity (Wildman–Crippen MR) is 68.7 cm³/mol. The van der Waals surface area contributed by atoms with Crippen LogP contribution in [0.2, 0.25) is 0 Å². The topological polar surface area (TPSA) is 43.7 Å². The molecule has 0 aromatic heterocycles. The number of halogens is 1. The third kappa shape index (κ3) is 3.19. The lowest BCUT2D eigenvalue weighted by Gasteiger charge is -2.43. The Hall–Kier alpha value is -0.620. The average molecular weight is 259 g/mol. The molecule has 0 aliphatic carbocycles.